The number of carbonyl (C=O) groups is 2. The van der Waals surface area contributed by atoms with Crippen molar-refractivity contribution in [3.05, 3.63) is 93.4 Å². The van der Waals surface area contributed by atoms with Gasteiger partial charge in [-0.15, -0.1) is 20.4 Å². The van der Waals surface area contributed by atoms with Gasteiger partial charge in [0.1, 0.15) is 0 Å². The number of hydrogen-bond donors (Lipinski definition) is 2. The van der Waals surface area contributed by atoms with Crippen molar-refractivity contribution in [2.45, 2.75) is 101 Å². The lowest BCUT2D eigenvalue weighted by Crippen LogP contribution is -2.15. The molecule has 8 rings (SSSR count). The molecule has 2 heterocycles. The van der Waals surface area contributed by atoms with Crippen molar-refractivity contribution in [1.29, 1.82) is 0 Å². The second kappa shape index (κ2) is 19.8. The number of aliphatic hydroxyl groups excluding tert-OH is 1. The molecule has 11 nitrogen and oxygen atoms in total. The topological polar surface area (TPSA) is 145 Å². The molecule has 0 bridgehead atoms. The fraction of sp³-hybridized carbons (Fsp3) is 0.381. The number of esters is 1. The molecule has 0 amide bonds. The van der Waals surface area contributed by atoms with Crippen LogP contribution in [0, 0.1) is 0 Å². The van der Waals surface area contributed by atoms with E-state index < -0.39 is 5.97 Å². The second-order valence-electron chi connectivity index (χ2n) is 14.1. The normalized spacial score (nSPS) is 14.6. The first-order chi connectivity index (χ1) is 27.5. The third-order valence-electron chi connectivity index (χ3n) is 9.72. The maximum absolute atomic E-state index is 12.1. The number of hydrogen-bond acceptors (Lipinski definition) is 10. The number of aliphatic hydroxyl groups is 1. The maximum Gasteiger partial charge on any atom is 0.316 e. The van der Waals surface area contributed by atoms with Gasteiger partial charge in [0.25, 0.3) is 0 Å². The van der Waals surface area contributed by atoms with Crippen LogP contribution in [0.3, 0.4) is 0 Å². The predicted octanol–water partition coefficient (Wildman–Crippen LogP) is 10.5. The first kappa shape index (κ1) is 42.8. The molecule has 4 aromatic carbocycles. The summed E-state index contributed by atoms with van der Waals surface area (Å²) >= 11 is 9.45. The Labute approximate surface area is 357 Å². The first-order valence-corrected chi connectivity index (χ1v) is 22.7. The molecule has 2 aromatic heterocycles. The Hall–Kier alpha value is -3.76. The molecule has 0 saturated heterocycles. The van der Waals surface area contributed by atoms with Crippen molar-refractivity contribution < 1.29 is 24.5 Å². The highest BCUT2D eigenvalue weighted by Crippen LogP contribution is 2.45. The van der Waals surface area contributed by atoms with E-state index in [1.165, 1.54) is 59.3 Å². The number of carbonyl (C=O) groups excluding carboxylic acids is 1. The summed E-state index contributed by atoms with van der Waals surface area (Å²) in [5.41, 5.74) is 4.77. The zero-order valence-corrected chi connectivity index (χ0v) is 37.1. The van der Waals surface area contributed by atoms with Crippen LogP contribution in [0.25, 0.3) is 32.9 Å². The number of benzene rings is 4. The highest BCUT2D eigenvalue weighted by molar-refractivity contribution is 9.10. The maximum atomic E-state index is 12.1. The minimum absolute atomic E-state index is 0.0524. The zero-order chi connectivity index (χ0) is 40.6. The van der Waals surface area contributed by atoms with E-state index in [1.54, 1.807) is 6.92 Å². The molecule has 2 fully saturated rings. The number of carboxylic acids is 1. The summed E-state index contributed by atoms with van der Waals surface area (Å²) in [4.78, 5) is 22.9. The van der Waals surface area contributed by atoms with Crippen molar-refractivity contribution in [3.8, 4) is 11.4 Å². The quantitative estimate of drug-likeness (QED) is 0.0843. The average Bonchev–Trinajstić information content (AvgIpc) is 4.16. The lowest BCUT2D eigenvalue weighted by Gasteiger charge is -2.14. The molecule has 2 N–H and O–H groups in total. The molecule has 0 spiro atoms. The number of thioether (sulfide) groups is 2. The summed E-state index contributed by atoms with van der Waals surface area (Å²) < 4.78 is 10.4. The predicted molar refractivity (Wildman–Crippen MR) is 234 cm³/mol. The molecular formula is C42H46Br2N6O5S2. The number of rotatable bonds is 13. The first-order valence-electron chi connectivity index (χ1n) is 19.1. The van der Waals surface area contributed by atoms with Crippen molar-refractivity contribution in [1.82, 2.24) is 29.5 Å². The van der Waals surface area contributed by atoms with Crippen LogP contribution >= 0.6 is 55.4 Å². The van der Waals surface area contributed by atoms with E-state index in [0.29, 0.717) is 31.6 Å². The molecular weight excluding hydrogens is 892 g/mol. The summed E-state index contributed by atoms with van der Waals surface area (Å²) in [5, 5.41) is 39.9. The molecule has 300 valence electrons. The van der Waals surface area contributed by atoms with E-state index in [1.807, 2.05) is 36.0 Å². The van der Waals surface area contributed by atoms with E-state index in [2.05, 4.69) is 119 Å². The van der Waals surface area contributed by atoms with Crippen molar-refractivity contribution >= 4 is 88.9 Å². The molecule has 2 aliphatic carbocycles. The van der Waals surface area contributed by atoms with Gasteiger partial charge in [0.15, 0.2) is 10.3 Å². The Morgan fingerprint density at radius 2 is 1.12 bits per heavy atom. The Balaban J connectivity index is 0.000000174. The van der Waals surface area contributed by atoms with Crippen molar-refractivity contribution in [2.24, 2.45) is 0 Å². The summed E-state index contributed by atoms with van der Waals surface area (Å²) in [6.07, 6.45) is 6.50. The Morgan fingerprint density at radius 3 is 1.51 bits per heavy atom. The summed E-state index contributed by atoms with van der Waals surface area (Å²) in [7, 11) is 0. The van der Waals surface area contributed by atoms with Gasteiger partial charge in [-0.05, 0) is 130 Å². The zero-order valence-electron chi connectivity index (χ0n) is 32.3. The fourth-order valence-electron chi connectivity index (χ4n) is 6.19. The number of fused-ring (bicyclic) bond motifs is 2. The van der Waals surface area contributed by atoms with Crippen molar-refractivity contribution in [2.75, 3.05) is 11.5 Å². The Bertz CT molecular complexity index is 2340. The lowest BCUT2D eigenvalue weighted by atomic mass is 9.99. The number of nitrogens with zero attached hydrogens (tertiary/aromatic N) is 6. The minimum atomic E-state index is -0.875. The number of carboxylic acid groups (broad SMARTS) is 1. The van der Waals surface area contributed by atoms with E-state index in [4.69, 9.17) is 14.9 Å². The summed E-state index contributed by atoms with van der Waals surface area (Å²) in [6.45, 7) is 7.62. The largest absolute Gasteiger partial charge is 0.481 e. The molecule has 0 aliphatic heterocycles. The van der Waals surface area contributed by atoms with Crippen LogP contribution in [-0.4, -0.2) is 75.4 Å². The van der Waals surface area contributed by atoms with Gasteiger partial charge in [-0.1, -0.05) is 98.0 Å². The summed E-state index contributed by atoms with van der Waals surface area (Å²) in [6, 6.07) is 25.4. The Kier molecular flexibility index (Phi) is 14.9. The van der Waals surface area contributed by atoms with E-state index in [0.717, 1.165) is 46.8 Å². The van der Waals surface area contributed by atoms with E-state index in [-0.39, 0.29) is 29.7 Å². The second-order valence-corrected chi connectivity index (χ2v) is 17.4. The van der Waals surface area contributed by atoms with Crippen LogP contribution in [0.2, 0.25) is 0 Å². The van der Waals surface area contributed by atoms with Gasteiger partial charge in [0.2, 0.25) is 9.47 Å². The molecule has 0 radical (unpaired) electrons. The third-order valence-corrected chi connectivity index (χ3v) is 12.6. The molecule has 2 saturated carbocycles. The van der Waals surface area contributed by atoms with Crippen LogP contribution in [0.1, 0.15) is 89.2 Å². The Morgan fingerprint density at radius 1 is 0.702 bits per heavy atom. The minimum Gasteiger partial charge on any atom is -0.481 e. The van der Waals surface area contributed by atoms with Gasteiger partial charge in [-0.25, -0.2) is 0 Å². The van der Waals surface area contributed by atoms with E-state index in [9.17, 15) is 9.59 Å². The van der Waals surface area contributed by atoms with E-state index >= 15 is 0 Å². The SMILES string of the molecule is CCC(C)O.CCC(C)OC(=O)CSc1nnc(Br)n1-c1ccc(C2CC2)c2ccccc12.O=C(O)CSc1nnc(Br)n1-c1ccc(C2CC2)c2ccccc12. The molecule has 2 unspecified atom stereocenters. The van der Waals surface area contributed by atoms with Gasteiger partial charge < -0.3 is 14.9 Å². The highest BCUT2D eigenvalue weighted by Gasteiger charge is 2.28. The van der Waals surface area contributed by atoms with Crippen LogP contribution < -0.4 is 0 Å². The number of halogens is 2. The van der Waals surface area contributed by atoms with Crippen molar-refractivity contribution in [3.63, 3.8) is 0 Å². The van der Waals surface area contributed by atoms with Crippen LogP contribution in [0.15, 0.2) is 92.6 Å². The lowest BCUT2D eigenvalue weighted by molar-refractivity contribution is -0.145. The molecule has 2 aliphatic rings. The highest BCUT2D eigenvalue weighted by atomic mass is 79.9. The van der Waals surface area contributed by atoms with Gasteiger partial charge >= 0.3 is 11.9 Å². The number of aliphatic carboxylic acids is 1. The molecule has 57 heavy (non-hydrogen) atoms. The van der Waals surface area contributed by atoms with Gasteiger partial charge in [0, 0.05) is 10.8 Å². The van der Waals surface area contributed by atoms with Crippen LogP contribution in [0.5, 0.6) is 0 Å². The van der Waals surface area contributed by atoms with Gasteiger partial charge in [-0.2, -0.15) is 0 Å². The average molecular weight is 939 g/mol. The smallest absolute Gasteiger partial charge is 0.316 e. The number of aromatic nitrogens is 6. The molecule has 2 atom stereocenters. The standard InChI is InChI=1S/C21H22BrN3O2S.C17H14BrN3O2S.C4H10O/c1-3-13(2)27-19(26)12-28-21-24-23-20(22)25(21)18-11-10-15(14-8-9-14)16-6-4-5-7-17(16)18;18-16-19-20-17(24-9-15(22)23)21(16)14-8-7-11(10-5-6-10)12-3-1-2-4-13(12)14;1-3-4(2)5/h4-7,10-11,13-14H,3,8-9,12H2,1-2H3;1-4,7-8,10H,5-6,9H2,(H,22,23);4-5H,3H2,1-2H3. The van der Waals surface area contributed by atoms with Crippen LogP contribution in [0.4, 0.5) is 0 Å². The molecule has 6 aromatic rings. The monoisotopic (exact) mass is 936 g/mol. The number of ether oxygens (including phenoxy) is 1. The van der Waals surface area contributed by atoms with Crippen LogP contribution in [-0.2, 0) is 14.3 Å². The fourth-order valence-corrected chi connectivity index (χ4v) is 8.70. The van der Waals surface area contributed by atoms with Gasteiger partial charge in [-0.3, -0.25) is 18.7 Å². The molecule has 15 heteroatoms. The summed E-state index contributed by atoms with van der Waals surface area (Å²) in [5.74, 6) is 0.372. The third kappa shape index (κ3) is 10.8. The van der Waals surface area contributed by atoms with Gasteiger partial charge in [0.05, 0.1) is 35.1 Å².